The van der Waals surface area contributed by atoms with Gasteiger partial charge in [0, 0.05) is 12.8 Å². The highest BCUT2D eigenvalue weighted by atomic mass is 16.5. The first-order valence-electron chi connectivity index (χ1n) is 16.1. The average molecular weight is 497 g/mol. The van der Waals surface area contributed by atoms with E-state index in [9.17, 15) is 4.79 Å². The first-order valence-corrected chi connectivity index (χ1v) is 16.1. The van der Waals surface area contributed by atoms with Gasteiger partial charge >= 0.3 is 5.97 Å². The Bertz CT molecular complexity index is 776. The molecule has 0 spiro atoms. The van der Waals surface area contributed by atoms with Crippen molar-refractivity contribution in [1.82, 2.24) is 0 Å². The van der Waals surface area contributed by atoms with Crippen LogP contribution in [0.1, 0.15) is 150 Å². The fourth-order valence-corrected chi connectivity index (χ4v) is 9.99. The van der Waals surface area contributed by atoms with Crippen molar-refractivity contribution in [2.24, 2.45) is 46.3 Å². The molecular weight excluding hydrogens is 440 g/mol. The van der Waals surface area contributed by atoms with Gasteiger partial charge in [0.25, 0.3) is 0 Å². The minimum atomic E-state index is -0.137. The maximum absolute atomic E-state index is 12.1. The first-order chi connectivity index (χ1) is 17.4. The number of hydrogen-bond acceptors (Lipinski definition) is 2. The van der Waals surface area contributed by atoms with Crippen LogP contribution in [0.5, 0.6) is 0 Å². The molecule has 0 saturated heterocycles. The van der Waals surface area contributed by atoms with E-state index in [1.54, 1.807) is 0 Å². The molecule has 8 atom stereocenters. The lowest BCUT2D eigenvalue weighted by molar-refractivity contribution is -0.136. The summed E-state index contributed by atoms with van der Waals surface area (Å²) < 4.78 is 5.26. The van der Waals surface area contributed by atoms with Crippen molar-refractivity contribution in [1.29, 1.82) is 0 Å². The number of rotatable bonds is 10. The standard InChI is InChI=1S/C34H56O2/c1-5-6-7-8-9-10-11-17-32(35)36-25-14-15-26(2)29-20-21-30-28-19-18-27-16-12-13-23-33(27,3)31(28)22-24-34(29,30)4/h26-31H,5-13,15-24H2,1-4H3/t26-,27?,28+,29-,30+,31+,33+,34-/m1/s1. The lowest BCUT2D eigenvalue weighted by atomic mass is 9.44. The van der Waals surface area contributed by atoms with Gasteiger partial charge in [0.05, 0.1) is 0 Å². The van der Waals surface area contributed by atoms with Crippen LogP contribution in [0.4, 0.5) is 0 Å². The third-order valence-electron chi connectivity index (χ3n) is 12.0. The van der Waals surface area contributed by atoms with E-state index in [-0.39, 0.29) is 5.97 Å². The molecule has 2 heteroatoms. The molecule has 2 nitrogen and oxygen atoms in total. The minimum absolute atomic E-state index is 0.137. The largest absolute Gasteiger partial charge is 0.372 e. The summed E-state index contributed by atoms with van der Waals surface area (Å²) in [6.07, 6.45) is 27.4. The highest BCUT2D eigenvalue weighted by Crippen LogP contribution is 2.68. The van der Waals surface area contributed by atoms with E-state index in [0.717, 1.165) is 48.9 Å². The number of unbranched alkanes of at least 4 members (excludes halogenated alkanes) is 6. The lowest BCUT2D eigenvalue weighted by Gasteiger charge is -2.60. The molecule has 4 rings (SSSR count). The lowest BCUT2D eigenvalue weighted by Crippen LogP contribution is -2.53. The van der Waals surface area contributed by atoms with E-state index in [4.69, 9.17) is 4.74 Å². The minimum Gasteiger partial charge on any atom is -0.372 e. The van der Waals surface area contributed by atoms with Crippen LogP contribution in [0.3, 0.4) is 0 Å². The second-order valence-corrected chi connectivity index (χ2v) is 13.9. The molecule has 0 bridgehead atoms. The van der Waals surface area contributed by atoms with Crippen LogP contribution in [0, 0.1) is 58.4 Å². The van der Waals surface area contributed by atoms with Crippen molar-refractivity contribution in [2.75, 3.05) is 0 Å². The van der Waals surface area contributed by atoms with E-state index >= 15 is 0 Å². The van der Waals surface area contributed by atoms with Gasteiger partial charge in [-0.1, -0.05) is 85.0 Å². The zero-order valence-electron chi connectivity index (χ0n) is 24.2. The van der Waals surface area contributed by atoms with Crippen LogP contribution in [-0.4, -0.2) is 5.97 Å². The summed E-state index contributed by atoms with van der Waals surface area (Å²) in [5, 5.41) is 0. The van der Waals surface area contributed by atoms with E-state index in [2.05, 4.69) is 39.7 Å². The molecule has 36 heavy (non-hydrogen) atoms. The van der Waals surface area contributed by atoms with Crippen molar-refractivity contribution in [3.05, 3.63) is 0 Å². The summed E-state index contributed by atoms with van der Waals surface area (Å²) in [4.78, 5) is 12.1. The highest BCUT2D eigenvalue weighted by molar-refractivity contribution is 5.70. The molecule has 4 fully saturated rings. The van der Waals surface area contributed by atoms with Crippen LogP contribution in [0.15, 0.2) is 0 Å². The van der Waals surface area contributed by atoms with Crippen molar-refractivity contribution in [3.63, 3.8) is 0 Å². The van der Waals surface area contributed by atoms with E-state index in [1.165, 1.54) is 96.3 Å². The van der Waals surface area contributed by atoms with Crippen molar-refractivity contribution in [3.8, 4) is 12.0 Å². The van der Waals surface area contributed by atoms with Crippen molar-refractivity contribution in [2.45, 2.75) is 150 Å². The van der Waals surface area contributed by atoms with Gasteiger partial charge in [-0.25, -0.2) is 0 Å². The molecule has 0 aromatic carbocycles. The summed E-state index contributed by atoms with van der Waals surface area (Å²) in [5.41, 5.74) is 1.13. The Hall–Kier alpha value is -0.970. The van der Waals surface area contributed by atoms with Crippen molar-refractivity contribution < 1.29 is 9.53 Å². The topological polar surface area (TPSA) is 26.3 Å². The molecule has 4 aliphatic carbocycles. The number of carbonyl (C=O) groups is 1. The second-order valence-electron chi connectivity index (χ2n) is 13.9. The first kappa shape index (κ1) is 28.0. The number of hydrogen-bond donors (Lipinski definition) is 0. The van der Waals surface area contributed by atoms with Crippen LogP contribution < -0.4 is 0 Å². The molecule has 0 N–H and O–H groups in total. The van der Waals surface area contributed by atoms with E-state index in [1.807, 2.05) is 0 Å². The van der Waals surface area contributed by atoms with E-state index in [0.29, 0.717) is 23.2 Å². The molecule has 0 aromatic rings. The maximum Gasteiger partial charge on any atom is 0.319 e. The van der Waals surface area contributed by atoms with Gasteiger partial charge in [-0.15, -0.1) is 0 Å². The molecule has 0 amide bonds. The quantitative estimate of drug-likeness (QED) is 0.171. The van der Waals surface area contributed by atoms with Gasteiger partial charge in [0.15, 0.2) is 0 Å². The van der Waals surface area contributed by atoms with Crippen LogP contribution in [-0.2, 0) is 9.53 Å². The predicted molar refractivity (Wildman–Crippen MR) is 150 cm³/mol. The second kappa shape index (κ2) is 12.7. The van der Waals surface area contributed by atoms with Gasteiger partial charge in [0.1, 0.15) is 6.11 Å². The molecule has 0 radical (unpaired) electrons. The zero-order chi connectivity index (χ0) is 25.6. The maximum atomic E-state index is 12.1. The molecule has 204 valence electrons. The SMILES string of the molecule is CCCCCCCCCC(=O)OC#CC[C@@H](C)[C@H]1CC[C@H]2[C@@H]3CCC4CCCC[C@]4(C)[C@H]3CC[C@]12C. The molecule has 0 aromatic heterocycles. The Morgan fingerprint density at radius 2 is 1.61 bits per heavy atom. The van der Waals surface area contributed by atoms with Gasteiger partial charge in [-0.2, -0.15) is 0 Å². The highest BCUT2D eigenvalue weighted by Gasteiger charge is 2.60. The van der Waals surface area contributed by atoms with E-state index < -0.39 is 0 Å². The number of esters is 1. The van der Waals surface area contributed by atoms with Crippen LogP contribution >= 0.6 is 0 Å². The Morgan fingerprint density at radius 1 is 0.861 bits per heavy atom. The normalized spacial score (nSPS) is 38.2. The molecule has 0 aliphatic heterocycles. The number of ether oxygens (including phenoxy) is 1. The molecule has 0 heterocycles. The Morgan fingerprint density at radius 3 is 2.42 bits per heavy atom. The van der Waals surface area contributed by atoms with Crippen LogP contribution in [0.2, 0.25) is 0 Å². The molecule has 4 aliphatic rings. The summed E-state index contributed by atoms with van der Waals surface area (Å²) in [6.45, 7) is 10.00. The van der Waals surface area contributed by atoms with Gasteiger partial charge in [0.2, 0.25) is 0 Å². The number of fused-ring (bicyclic) bond motifs is 5. The molecular formula is C34H56O2. The van der Waals surface area contributed by atoms with Gasteiger partial charge in [-0.05, 0) is 104 Å². The fraction of sp³-hybridized carbons (Fsp3) is 0.912. The van der Waals surface area contributed by atoms with Crippen LogP contribution in [0.25, 0.3) is 0 Å². The Balaban J connectivity index is 1.22. The van der Waals surface area contributed by atoms with Gasteiger partial charge < -0.3 is 4.74 Å². The summed E-state index contributed by atoms with van der Waals surface area (Å²) >= 11 is 0. The predicted octanol–water partition coefficient (Wildman–Crippen LogP) is 9.71. The molecule has 4 saturated carbocycles. The monoisotopic (exact) mass is 496 g/mol. The summed E-state index contributed by atoms with van der Waals surface area (Å²) in [6, 6.07) is 0. The molecule has 1 unspecified atom stereocenters. The summed E-state index contributed by atoms with van der Waals surface area (Å²) in [5.74, 6) is 8.36. The zero-order valence-corrected chi connectivity index (χ0v) is 24.2. The average Bonchev–Trinajstić information content (AvgIpc) is 3.23. The third-order valence-corrected chi connectivity index (χ3v) is 12.0. The van der Waals surface area contributed by atoms with Gasteiger partial charge in [-0.3, -0.25) is 4.79 Å². The smallest absolute Gasteiger partial charge is 0.319 e. The van der Waals surface area contributed by atoms with Crippen molar-refractivity contribution >= 4 is 5.97 Å². The fourth-order valence-electron chi connectivity index (χ4n) is 9.99. The summed E-state index contributed by atoms with van der Waals surface area (Å²) in [7, 11) is 0. The number of carbonyl (C=O) groups excluding carboxylic acids is 1. The Labute approximate surface area is 223 Å². The third kappa shape index (κ3) is 6.02. The Kier molecular flexibility index (Phi) is 9.91.